The summed E-state index contributed by atoms with van der Waals surface area (Å²) in [5, 5.41) is 7.76. The van der Waals surface area contributed by atoms with Gasteiger partial charge in [0.25, 0.3) is 0 Å². The molecule has 3 atom stereocenters. The van der Waals surface area contributed by atoms with Gasteiger partial charge in [0.05, 0.1) is 21.3 Å². The normalized spacial score (nSPS) is 31.1. The number of allylic oxidation sites excluding steroid dienone is 1. The number of hydrogen-bond acceptors (Lipinski definition) is 3. The van der Waals surface area contributed by atoms with Crippen LogP contribution in [-0.2, 0) is 4.79 Å². The monoisotopic (exact) mass is 340 g/mol. The fraction of sp³-hybridized carbons (Fsp3) is 0.400. The maximum Gasteiger partial charge on any atom is 0.231 e. The molecule has 1 aromatic carbocycles. The van der Waals surface area contributed by atoms with Crippen molar-refractivity contribution < 1.29 is 4.79 Å². The van der Waals surface area contributed by atoms with E-state index < -0.39 is 0 Å². The zero-order valence-electron chi connectivity index (χ0n) is 11.2. The number of benzene rings is 1. The zero-order valence-corrected chi connectivity index (χ0v) is 13.5. The first-order valence-electron chi connectivity index (χ1n) is 7.03. The van der Waals surface area contributed by atoms with Gasteiger partial charge in [0.1, 0.15) is 6.17 Å². The quantitative estimate of drug-likeness (QED) is 0.816. The van der Waals surface area contributed by atoms with E-state index in [1.54, 1.807) is 6.07 Å². The average Bonchev–Trinajstić information content (AvgIpc) is 3.01. The van der Waals surface area contributed by atoms with Crippen LogP contribution in [0.15, 0.2) is 28.7 Å². The largest absolute Gasteiger partial charge is 0.336 e. The Morgan fingerprint density at radius 2 is 2.05 bits per heavy atom. The standard InChI is InChI=1S/C15H14Cl2N2OS/c16-9-5-4-7(6-10(9)17)13-18-14(20)12-8-2-1-3-11(8)21-15(12)19-13/h4-6,12-13,15,19H,1-3H2,(H,18,20). The predicted octanol–water partition coefficient (Wildman–Crippen LogP) is 3.84. The van der Waals surface area contributed by atoms with Crippen molar-refractivity contribution in [1.29, 1.82) is 0 Å². The predicted molar refractivity (Wildman–Crippen MR) is 86.2 cm³/mol. The van der Waals surface area contributed by atoms with Crippen LogP contribution in [0, 0.1) is 5.92 Å². The summed E-state index contributed by atoms with van der Waals surface area (Å²) in [6.45, 7) is 0. The molecule has 0 bridgehead atoms. The molecule has 2 heterocycles. The molecule has 1 aromatic rings. The van der Waals surface area contributed by atoms with E-state index >= 15 is 0 Å². The Kier molecular flexibility index (Phi) is 3.45. The second-order valence-electron chi connectivity index (χ2n) is 5.60. The number of fused-ring (bicyclic) bond motifs is 2. The van der Waals surface area contributed by atoms with Crippen molar-refractivity contribution in [3.05, 3.63) is 44.3 Å². The number of amides is 1. The highest BCUT2D eigenvalue weighted by atomic mass is 35.5. The lowest BCUT2D eigenvalue weighted by Gasteiger charge is -2.35. The fourth-order valence-corrected chi connectivity index (χ4v) is 5.23. The lowest BCUT2D eigenvalue weighted by Crippen LogP contribution is -2.54. The van der Waals surface area contributed by atoms with Crippen LogP contribution in [0.2, 0.25) is 10.0 Å². The summed E-state index contributed by atoms with van der Waals surface area (Å²) in [6, 6.07) is 5.47. The first-order valence-corrected chi connectivity index (χ1v) is 8.67. The summed E-state index contributed by atoms with van der Waals surface area (Å²) in [5.41, 5.74) is 2.28. The van der Waals surface area contributed by atoms with Crippen molar-refractivity contribution in [3.8, 4) is 0 Å². The summed E-state index contributed by atoms with van der Waals surface area (Å²) in [7, 11) is 0. The molecule has 3 aliphatic rings. The molecule has 4 rings (SSSR count). The molecule has 0 radical (unpaired) electrons. The third-order valence-electron chi connectivity index (χ3n) is 4.33. The van der Waals surface area contributed by atoms with E-state index in [-0.39, 0.29) is 23.4 Å². The molecule has 110 valence electrons. The molecule has 0 spiro atoms. The number of nitrogens with one attached hydrogen (secondary N) is 2. The van der Waals surface area contributed by atoms with Crippen molar-refractivity contribution in [2.75, 3.05) is 0 Å². The molecule has 1 aliphatic carbocycles. The Bertz CT molecular complexity index is 661. The Morgan fingerprint density at radius 1 is 1.19 bits per heavy atom. The van der Waals surface area contributed by atoms with Crippen LogP contribution in [0.5, 0.6) is 0 Å². The molecule has 0 saturated carbocycles. The highest BCUT2D eigenvalue weighted by Crippen LogP contribution is 2.50. The number of thioether (sulfide) groups is 1. The van der Waals surface area contributed by atoms with E-state index in [2.05, 4.69) is 10.6 Å². The molecule has 3 nitrogen and oxygen atoms in total. The number of carbonyl (C=O) groups excluding carboxylic acids is 1. The van der Waals surface area contributed by atoms with Gasteiger partial charge in [-0.25, -0.2) is 0 Å². The van der Waals surface area contributed by atoms with Gasteiger partial charge >= 0.3 is 0 Å². The van der Waals surface area contributed by atoms with Crippen LogP contribution in [-0.4, -0.2) is 11.3 Å². The van der Waals surface area contributed by atoms with Gasteiger partial charge in [-0.1, -0.05) is 29.3 Å². The maximum absolute atomic E-state index is 12.5. The van der Waals surface area contributed by atoms with Gasteiger partial charge in [-0.3, -0.25) is 10.1 Å². The summed E-state index contributed by atoms with van der Waals surface area (Å²) in [5.74, 6) is 0.112. The number of hydrogen-bond donors (Lipinski definition) is 2. The van der Waals surface area contributed by atoms with E-state index in [0.29, 0.717) is 10.0 Å². The van der Waals surface area contributed by atoms with Crippen molar-refractivity contribution in [1.82, 2.24) is 10.6 Å². The molecule has 1 fully saturated rings. The van der Waals surface area contributed by atoms with Gasteiger partial charge in [0.2, 0.25) is 5.91 Å². The Morgan fingerprint density at radius 3 is 2.86 bits per heavy atom. The lowest BCUT2D eigenvalue weighted by molar-refractivity contribution is -0.127. The van der Waals surface area contributed by atoms with Gasteiger partial charge in [0, 0.05) is 0 Å². The summed E-state index contributed by atoms with van der Waals surface area (Å²) < 4.78 is 0. The maximum atomic E-state index is 12.5. The molecule has 2 N–H and O–H groups in total. The highest BCUT2D eigenvalue weighted by Gasteiger charge is 2.46. The van der Waals surface area contributed by atoms with E-state index in [9.17, 15) is 4.79 Å². The second kappa shape index (κ2) is 5.20. The molecule has 6 heteroatoms. The van der Waals surface area contributed by atoms with Crippen molar-refractivity contribution in [2.45, 2.75) is 30.8 Å². The molecule has 1 saturated heterocycles. The van der Waals surface area contributed by atoms with Gasteiger partial charge < -0.3 is 5.32 Å². The van der Waals surface area contributed by atoms with Crippen LogP contribution in [0.4, 0.5) is 0 Å². The third-order valence-corrected chi connectivity index (χ3v) is 6.48. The van der Waals surface area contributed by atoms with Gasteiger partial charge in [0.15, 0.2) is 0 Å². The SMILES string of the molecule is O=C1NC(c2ccc(Cl)c(Cl)c2)NC2SC3=C(CCC3)C12. The summed E-state index contributed by atoms with van der Waals surface area (Å²) >= 11 is 13.8. The fourth-order valence-electron chi connectivity index (χ4n) is 3.34. The Hall–Kier alpha value is -0.680. The first kappa shape index (κ1) is 13.9. The Balaban J connectivity index is 1.59. The van der Waals surface area contributed by atoms with Gasteiger partial charge in [-0.15, -0.1) is 11.8 Å². The van der Waals surface area contributed by atoms with Crippen LogP contribution in [0.3, 0.4) is 0 Å². The molecule has 21 heavy (non-hydrogen) atoms. The van der Waals surface area contributed by atoms with E-state index in [4.69, 9.17) is 23.2 Å². The minimum atomic E-state index is -0.207. The Labute approximate surface area is 137 Å². The second-order valence-corrected chi connectivity index (χ2v) is 7.65. The molecule has 1 amide bonds. The molecular formula is C15H14Cl2N2OS. The van der Waals surface area contributed by atoms with Crippen LogP contribution >= 0.6 is 35.0 Å². The zero-order chi connectivity index (χ0) is 14.6. The smallest absolute Gasteiger partial charge is 0.231 e. The topological polar surface area (TPSA) is 41.1 Å². The summed E-state index contributed by atoms with van der Waals surface area (Å²) in [4.78, 5) is 13.9. The van der Waals surface area contributed by atoms with Crippen molar-refractivity contribution in [3.63, 3.8) is 0 Å². The van der Waals surface area contributed by atoms with E-state index in [1.807, 2.05) is 23.9 Å². The molecule has 0 aromatic heterocycles. The van der Waals surface area contributed by atoms with Crippen LogP contribution in [0.1, 0.15) is 31.0 Å². The summed E-state index contributed by atoms with van der Waals surface area (Å²) in [6.07, 6.45) is 3.17. The first-order chi connectivity index (χ1) is 10.1. The van der Waals surface area contributed by atoms with E-state index in [1.165, 1.54) is 16.9 Å². The molecule has 2 aliphatic heterocycles. The number of rotatable bonds is 1. The lowest BCUT2D eigenvalue weighted by atomic mass is 9.94. The van der Waals surface area contributed by atoms with E-state index in [0.717, 1.165) is 18.4 Å². The molecular weight excluding hydrogens is 327 g/mol. The van der Waals surface area contributed by atoms with Crippen molar-refractivity contribution >= 4 is 40.9 Å². The molecule has 3 unspecified atom stereocenters. The highest BCUT2D eigenvalue weighted by molar-refractivity contribution is 8.04. The van der Waals surface area contributed by atoms with Crippen LogP contribution in [0.25, 0.3) is 0 Å². The minimum Gasteiger partial charge on any atom is -0.336 e. The van der Waals surface area contributed by atoms with Gasteiger partial charge in [-0.05, 0) is 47.4 Å². The average molecular weight is 341 g/mol. The van der Waals surface area contributed by atoms with Crippen LogP contribution < -0.4 is 10.6 Å². The van der Waals surface area contributed by atoms with Gasteiger partial charge in [-0.2, -0.15) is 0 Å². The number of halogens is 2. The third kappa shape index (κ3) is 2.29. The number of carbonyl (C=O) groups is 1. The minimum absolute atomic E-state index is 0.00785. The van der Waals surface area contributed by atoms with Crippen molar-refractivity contribution in [2.24, 2.45) is 5.92 Å².